The first-order chi connectivity index (χ1) is 9.08. The van der Waals surface area contributed by atoms with Crippen LogP contribution >= 0.6 is 23.4 Å². The number of hydrogen-bond acceptors (Lipinski definition) is 6. The molecule has 1 aromatic heterocycles. The summed E-state index contributed by atoms with van der Waals surface area (Å²) >= 11 is 7.96. The summed E-state index contributed by atoms with van der Waals surface area (Å²) in [7, 11) is 3.78. The Hall–Kier alpha value is -0.750. The van der Waals surface area contributed by atoms with Gasteiger partial charge in [0.1, 0.15) is 0 Å². The number of anilines is 2. The van der Waals surface area contributed by atoms with E-state index in [4.69, 9.17) is 11.6 Å². The highest BCUT2D eigenvalue weighted by Gasteiger charge is 2.25. The maximum absolute atomic E-state index is 5.92. The highest BCUT2D eigenvalue weighted by atomic mass is 35.5. The highest BCUT2D eigenvalue weighted by molar-refractivity contribution is 7.99. The molecule has 0 radical (unpaired) electrons. The molecule has 19 heavy (non-hydrogen) atoms. The van der Waals surface area contributed by atoms with Gasteiger partial charge < -0.3 is 10.2 Å². The van der Waals surface area contributed by atoms with E-state index in [2.05, 4.69) is 27.2 Å². The van der Waals surface area contributed by atoms with E-state index in [1.54, 1.807) is 0 Å². The molecule has 1 heterocycles. The van der Waals surface area contributed by atoms with Crippen LogP contribution in [0.5, 0.6) is 0 Å². The van der Waals surface area contributed by atoms with Crippen LogP contribution in [-0.4, -0.2) is 46.1 Å². The van der Waals surface area contributed by atoms with Gasteiger partial charge in [-0.05, 0) is 36.6 Å². The summed E-state index contributed by atoms with van der Waals surface area (Å²) in [6.07, 6.45) is 3.59. The fourth-order valence-electron chi connectivity index (χ4n) is 2.25. The smallest absolute Gasteiger partial charge is 0.230 e. The molecule has 0 aliphatic heterocycles. The number of halogens is 1. The third-order valence-electron chi connectivity index (χ3n) is 3.12. The second kappa shape index (κ2) is 6.61. The summed E-state index contributed by atoms with van der Waals surface area (Å²) in [6, 6.07) is 0.442. The largest absolute Gasteiger partial charge is 0.351 e. The molecule has 0 spiro atoms. The van der Waals surface area contributed by atoms with Gasteiger partial charge in [-0.25, -0.2) is 0 Å². The molecule has 1 N–H and O–H groups in total. The van der Waals surface area contributed by atoms with Crippen molar-refractivity contribution in [3.63, 3.8) is 0 Å². The van der Waals surface area contributed by atoms with Crippen LogP contribution in [0.15, 0.2) is 0 Å². The van der Waals surface area contributed by atoms with Gasteiger partial charge in [0.25, 0.3) is 0 Å². The van der Waals surface area contributed by atoms with E-state index >= 15 is 0 Å². The van der Waals surface area contributed by atoms with Gasteiger partial charge in [-0.2, -0.15) is 26.7 Å². The first kappa shape index (κ1) is 14.7. The number of rotatable bonds is 5. The Balaban J connectivity index is 1.99. The fraction of sp³-hybridized carbons (Fsp3) is 0.750. The van der Waals surface area contributed by atoms with Gasteiger partial charge >= 0.3 is 0 Å². The van der Waals surface area contributed by atoms with Crippen molar-refractivity contribution in [2.45, 2.75) is 37.5 Å². The number of thioether (sulfide) groups is 1. The van der Waals surface area contributed by atoms with Crippen molar-refractivity contribution < 1.29 is 0 Å². The van der Waals surface area contributed by atoms with Gasteiger partial charge in [0.2, 0.25) is 17.2 Å². The van der Waals surface area contributed by atoms with Crippen LogP contribution in [0.25, 0.3) is 0 Å². The number of nitrogens with one attached hydrogen (secondary N) is 1. The average Bonchev–Trinajstić information content (AvgIpc) is 2.76. The van der Waals surface area contributed by atoms with E-state index in [1.807, 2.05) is 30.8 Å². The summed E-state index contributed by atoms with van der Waals surface area (Å²) in [5.41, 5.74) is 0. The Kier molecular flexibility index (Phi) is 5.10. The zero-order chi connectivity index (χ0) is 13.8. The summed E-state index contributed by atoms with van der Waals surface area (Å²) in [6.45, 7) is 2.21. The molecule has 0 amide bonds. The van der Waals surface area contributed by atoms with E-state index in [-0.39, 0.29) is 5.28 Å². The van der Waals surface area contributed by atoms with Crippen molar-refractivity contribution in [3.8, 4) is 0 Å². The zero-order valence-corrected chi connectivity index (χ0v) is 13.1. The quantitative estimate of drug-likeness (QED) is 0.902. The minimum Gasteiger partial charge on any atom is -0.351 e. The molecule has 1 aliphatic rings. The highest BCUT2D eigenvalue weighted by Crippen LogP contribution is 2.31. The van der Waals surface area contributed by atoms with Crippen molar-refractivity contribution >= 4 is 35.3 Å². The molecule has 0 bridgehead atoms. The van der Waals surface area contributed by atoms with Gasteiger partial charge in [-0.15, -0.1) is 0 Å². The Labute approximate surface area is 123 Å². The van der Waals surface area contributed by atoms with Crippen LogP contribution in [0.1, 0.15) is 26.2 Å². The molecule has 1 fully saturated rings. The summed E-state index contributed by atoms with van der Waals surface area (Å²) in [4.78, 5) is 14.4. The maximum Gasteiger partial charge on any atom is 0.230 e. The van der Waals surface area contributed by atoms with Crippen LogP contribution in [-0.2, 0) is 0 Å². The predicted octanol–water partition coefficient (Wildman–Crippen LogP) is 2.68. The van der Waals surface area contributed by atoms with E-state index in [9.17, 15) is 0 Å². The summed E-state index contributed by atoms with van der Waals surface area (Å²) in [5, 5.41) is 4.37. The number of hydrogen-bond donors (Lipinski definition) is 1. The van der Waals surface area contributed by atoms with Crippen LogP contribution < -0.4 is 10.2 Å². The molecular weight excluding hydrogens is 282 g/mol. The van der Waals surface area contributed by atoms with Gasteiger partial charge in [0, 0.05) is 25.4 Å². The molecule has 1 aliphatic carbocycles. The second-order valence-corrected chi connectivity index (χ2v) is 6.77. The molecule has 1 aromatic rings. The van der Waals surface area contributed by atoms with Crippen molar-refractivity contribution in [1.82, 2.24) is 15.0 Å². The number of aromatic nitrogens is 3. The van der Waals surface area contributed by atoms with Gasteiger partial charge in [0.15, 0.2) is 0 Å². The zero-order valence-electron chi connectivity index (χ0n) is 11.6. The van der Waals surface area contributed by atoms with Gasteiger partial charge in [-0.1, -0.05) is 6.92 Å². The lowest BCUT2D eigenvalue weighted by Crippen LogP contribution is -2.20. The first-order valence-electron chi connectivity index (χ1n) is 6.55. The molecule has 106 valence electrons. The molecule has 2 atom stereocenters. The number of nitrogens with zero attached hydrogens (tertiary/aromatic N) is 4. The van der Waals surface area contributed by atoms with E-state index < -0.39 is 0 Å². The molecule has 2 rings (SSSR count). The summed E-state index contributed by atoms with van der Waals surface area (Å²) < 4.78 is 0. The van der Waals surface area contributed by atoms with Crippen molar-refractivity contribution in [2.75, 3.05) is 30.1 Å². The van der Waals surface area contributed by atoms with Crippen molar-refractivity contribution in [3.05, 3.63) is 5.28 Å². The Morgan fingerprint density at radius 3 is 2.79 bits per heavy atom. The van der Waals surface area contributed by atoms with Gasteiger partial charge in [0.05, 0.1) is 0 Å². The molecule has 2 unspecified atom stereocenters. The standard InChI is InChI=1S/C12H20ClN5S/c1-4-19-9-6-5-8(7-9)14-11-15-10(13)16-12(17-11)18(2)3/h8-9H,4-7H2,1-3H3,(H,14,15,16,17). The van der Waals surface area contributed by atoms with Gasteiger partial charge in [-0.3, -0.25) is 0 Å². The predicted molar refractivity (Wildman–Crippen MR) is 82.3 cm³/mol. The van der Waals surface area contributed by atoms with Crippen LogP contribution in [0.3, 0.4) is 0 Å². The fourth-order valence-corrected chi connectivity index (χ4v) is 3.54. The third-order valence-corrected chi connectivity index (χ3v) is 4.52. The molecule has 5 nitrogen and oxygen atoms in total. The maximum atomic E-state index is 5.92. The molecule has 0 saturated heterocycles. The average molecular weight is 302 g/mol. The SMILES string of the molecule is CCSC1CCC(Nc2nc(Cl)nc(N(C)C)n2)C1. The Morgan fingerprint density at radius 2 is 2.11 bits per heavy atom. The lowest BCUT2D eigenvalue weighted by atomic mass is 10.2. The van der Waals surface area contributed by atoms with E-state index in [0.29, 0.717) is 17.9 Å². The molecule has 0 aromatic carbocycles. The monoisotopic (exact) mass is 301 g/mol. The second-order valence-electron chi connectivity index (χ2n) is 4.85. The molecule has 7 heteroatoms. The third kappa shape index (κ3) is 4.11. The molecule has 1 saturated carbocycles. The van der Waals surface area contributed by atoms with E-state index in [0.717, 1.165) is 11.7 Å². The van der Waals surface area contributed by atoms with Crippen LogP contribution in [0.4, 0.5) is 11.9 Å². The van der Waals surface area contributed by atoms with Crippen molar-refractivity contribution in [1.29, 1.82) is 0 Å². The minimum atomic E-state index is 0.235. The lowest BCUT2D eigenvalue weighted by Gasteiger charge is -2.15. The Morgan fingerprint density at radius 1 is 1.32 bits per heavy atom. The molecular formula is C12H20ClN5S. The van der Waals surface area contributed by atoms with Crippen LogP contribution in [0.2, 0.25) is 5.28 Å². The topological polar surface area (TPSA) is 53.9 Å². The first-order valence-corrected chi connectivity index (χ1v) is 7.98. The minimum absolute atomic E-state index is 0.235. The normalized spacial score (nSPS) is 22.5. The van der Waals surface area contributed by atoms with Crippen LogP contribution in [0, 0.1) is 0 Å². The Bertz CT molecular complexity index is 429. The van der Waals surface area contributed by atoms with E-state index in [1.165, 1.54) is 18.6 Å². The lowest BCUT2D eigenvalue weighted by molar-refractivity contribution is 0.742. The summed E-state index contributed by atoms with van der Waals surface area (Å²) in [5.74, 6) is 2.34. The van der Waals surface area contributed by atoms with Crippen molar-refractivity contribution in [2.24, 2.45) is 0 Å².